The van der Waals surface area contributed by atoms with Crippen LogP contribution in [0.3, 0.4) is 0 Å². The molecule has 144 valence electrons. The molecule has 0 fully saturated rings. The number of rotatable bonds is 4. The number of hydrogen-bond acceptors (Lipinski definition) is 7. The fourth-order valence-electron chi connectivity index (χ4n) is 2.84. The Hall–Kier alpha value is -4.20. The van der Waals surface area contributed by atoms with E-state index in [9.17, 15) is 19.7 Å². The maximum Gasteiger partial charge on any atom is 0.344 e. The Morgan fingerprint density at radius 1 is 1.10 bits per heavy atom. The molecule has 4 rings (SSSR count). The number of ether oxygens (including phenoxy) is 1. The van der Waals surface area contributed by atoms with E-state index in [4.69, 9.17) is 13.6 Å². The summed E-state index contributed by atoms with van der Waals surface area (Å²) < 4.78 is 16.5. The number of benzene rings is 2. The third-order valence-corrected chi connectivity index (χ3v) is 4.24. The van der Waals surface area contributed by atoms with Crippen LogP contribution in [0.25, 0.3) is 22.5 Å². The highest BCUT2D eigenvalue weighted by atomic mass is 16.6. The predicted octanol–water partition coefficient (Wildman–Crippen LogP) is 4.49. The van der Waals surface area contributed by atoms with Crippen molar-refractivity contribution >= 4 is 22.6 Å². The van der Waals surface area contributed by atoms with Crippen molar-refractivity contribution in [2.24, 2.45) is 0 Å². The lowest BCUT2D eigenvalue weighted by molar-refractivity contribution is -0.384. The number of nitro groups is 1. The fourth-order valence-corrected chi connectivity index (χ4v) is 2.84. The lowest BCUT2D eigenvalue weighted by atomic mass is 10.1. The SMILES string of the molecule is Cc1ccc2c(=O)c(OC(=O)c3cccc([N+](=O)[O-])c3)c(-c3ccco3)oc2c1. The molecular formula is C21H13NO7. The summed E-state index contributed by atoms with van der Waals surface area (Å²) in [6.45, 7) is 1.85. The van der Waals surface area contributed by atoms with Crippen LogP contribution in [0.5, 0.6) is 5.75 Å². The molecule has 2 aromatic carbocycles. The molecule has 0 saturated heterocycles. The van der Waals surface area contributed by atoms with Crippen LogP contribution in [0.4, 0.5) is 5.69 Å². The van der Waals surface area contributed by atoms with E-state index in [2.05, 4.69) is 0 Å². The van der Waals surface area contributed by atoms with Crippen molar-refractivity contribution in [2.45, 2.75) is 6.92 Å². The summed E-state index contributed by atoms with van der Waals surface area (Å²) in [5.41, 5.74) is 0.292. The molecule has 0 aliphatic carbocycles. The van der Waals surface area contributed by atoms with Crippen LogP contribution in [-0.2, 0) is 0 Å². The van der Waals surface area contributed by atoms with Crippen LogP contribution in [0, 0.1) is 17.0 Å². The number of carbonyl (C=O) groups excluding carboxylic acids is 1. The van der Waals surface area contributed by atoms with Crippen molar-refractivity contribution in [1.82, 2.24) is 0 Å². The highest BCUT2D eigenvalue weighted by molar-refractivity contribution is 5.93. The largest absolute Gasteiger partial charge is 0.461 e. The molecule has 8 heteroatoms. The van der Waals surface area contributed by atoms with Crippen LogP contribution in [0.2, 0.25) is 0 Å². The minimum absolute atomic E-state index is 0.0446. The van der Waals surface area contributed by atoms with E-state index in [1.807, 2.05) is 6.92 Å². The van der Waals surface area contributed by atoms with E-state index in [0.717, 1.165) is 11.6 Å². The second kappa shape index (κ2) is 7.08. The van der Waals surface area contributed by atoms with Crippen molar-refractivity contribution in [3.63, 3.8) is 0 Å². The summed E-state index contributed by atoms with van der Waals surface area (Å²) in [5.74, 6) is -1.13. The van der Waals surface area contributed by atoms with Gasteiger partial charge >= 0.3 is 5.97 Å². The average molecular weight is 391 g/mol. The van der Waals surface area contributed by atoms with E-state index in [-0.39, 0.29) is 33.9 Å². The summed E-state index contributed by atoms with van der Waals surface area (Å²) >= 11 is 0. The standard InChI is InChI=1S/C21H13NO7/c1-12-7-8-15-17(10-12)28-19(16-6-3-9-27-16)20(18(15)23)29-21(24)13-4-2-5-14(11-13)22(25)26/h2-11H,1H3. The van der Waals surface area contributed by atoms with Gasteiger partial charge in [0.05, 0.1) is 22.1 Å². The smallest absolute Gasteiger partial charge is 0.344 e. The van der Waals surface area contributed by atoms with Crippen LogP contribution in [-0.4, -0.2) is 10.9 Å². The monoisotopic (exact) mass is 391 g/mol. The number of carbonyl (C=O) groups is 1. The number of fused-ring (bicyclic) bond motifs is 1. The zero-order valence-electron chi connectivity index (χ0n) is 15.1. The number of aryl methyl sites for hydroxylation is 1. The summed E-state index contributed by atoms with van der Waals surface area (Å²) in [6.07, 6.45) is 1.39. The Labute approximate surface area is 163 Å². The van der Waals surface area contributed by atoms with Crippen molar-refractivity contribution < 1.29 is 23.3 Å². The number of esters is 1. The van der Waals surface area contributed by atoms with E-state index >= 15 is 0 Å². The first-order valence-electron chi connectivity index (χ1n) is 8.52. The first-order chi connectivity index (χ1) is 13.9. The number of nitro benzene ring substituents is 1. The van der Waals surface area contributed by atoms with Gasteiger partial charge in [0.1, 0.15) is 5.58 Å². The number of nitrogens with zero attached hydrogens (tertiary/aromatic N) is 1. The van der Waals surface area contributed by atoms with Crippen LogP contribution >= 0.6 is 0 Å². The van der Waals surface area contributed by atoms with E-state index < -0.39 is 16.3 Å². The molecule has 0 N–H and O–H groups in total. The third-order valence-electron chi connectivity index (χ3n) is 4.24. The van der Waals surface area contributed by atoms with Crippen LogP contribution in [0.1, 0.15) is 15.9 Å². The first-order valence-corrected chi connectivity index (χ1v) is 8.52. The van der Waals surface area contributed by atoms with Gasteiger partial charge in [0.25, 0.3) is 5.69 Å². The summed E-state index contributed by atoms with van der Waals surface area (Å²) in [7, 11) is 0. The Morgan fingerprint density at radius 3 is 2.66 bits per heavy atom. The molecule has 0 bridgehead atoms. The maximum atomic E-state index is 13.0. The fraction of sp³-hybridized carbons (Fsp3) is 0.0476. The Bertz CT molecular complexity index is 1300. The van der Waals surface area contributed by atoms with Gasteiger partial charge in [0.15, 0.2) is 5.76 Å². The lowest BCUT2D eigenvalue weighted by Gasteiger charge is -2.09. The minimum Gasteiger partial charge on any atom is -0.461 e. The molecule has 0 aliphatic rings. The second-order valence-electron chi connectivity index (χ2n) is 6.26. The van der Waals surface area contributed by atoms with Gasteiger partial charge in [-0.25, -0.2) is 4.79 Å². The van der Waals surface area contributed by atoms with Crippen molar-refractivity contribution in [2.75, 3.05) is 0 Å². The van der Waals surface area contributed by atoms with E-state index in [1.165, 1.54) is 24.5 Å². The molecule has 0 unspecified atom stereocenters. The van der Waals surface area contributed by atoms with Gasteiger partial charge in [0.2, 0.25) is 16.9 Å². The highest BCUT2D eigenvalue weighted by Gasteiger charge is 2.23. The Balaban J connectivity index is 1.85. The highest BCUT2D eigenvalue weighted by Crippen LogP contribution is 2.32. The van der Waals surface area contributed by atoms with Gasteiger partial charge in [-0.05, 0) is 42.8 Å². The maximum absolute atomic E-state index is 13.0. The van der Waals surface area contributed by atoms with Crippen molar-refractivity contribution in [3.05, 3.63) is 92.3 Å². The molecule has 0 radical (unpaired) electrons. The molecule has 29 heavy (non-hydrogen) atoms. The zero-order chi connectivity index (χ0) is 20.5. The molecule has 0 saturated carbocycles. The number of hydrogen-bond donors (Lipinski definition) is 0. The number of non-ortho nitro benzene ring substituents is 1. The lowest BCUT2D eigenvalue weighted by Crippen LogP contribution is -2.16. The molecule has 4 aromatic rings. The molecular weight excluding hydrogens is 378 g/mol. The van der Waals surface area contributed by atoms with Gasteiger partial charge in [-0.3, -0.25) is 14.9 Å². The molecule has 8 nitrogen and oxygen atoms in total. The van der Waals surface area contributed by atoms with Gasteiger partial charge in [-0.15, -0.1) is 0 Å². The van der Waals surface area contributed by atoms with E-state index in [0.29, 0.717) is 5.58 Å². The Kier molecular flexibility index (Phi) is 4.44. The topological polar surface area (TPSA) is 113 Å². The van der Waals surface area contributed by atoms with Gasteiger partial charge < -0.3 is 13.6 Å². The van der Waals surface area contributed by atoms with Gasteiger partial charge in [0, 0.05) is 12.1 Å². The summed E-state index contributed by atoms with van der Waals surface area (Å²) in [6, 6.07) is 13.2. The first kappa shape index (κ1) is 18.2. The molecule has 2 aromatic heterocycles. The van der Waals surface area contributed by atoms with E-state index in [1.54, 1.807) is 30.3 Å². The van der Waals surface area contributed by atoms with Gasteiger partial charge in [-0.2, -0.15) is 0 Å². The normalized spacial score (nSPS) is 10.8. The second-order valence-corrected chi connectivity index (χ2v) is 6.26. The number of furan rings is 1. The Morgan fingerprint density at radius 2 is 1.93 bits per heavy atom. The minimum atomic E-state index is -0.930. The molecule has 0 aliphatic heterocycles. The summed E-state index contributed by atoms with van der Waals surface area (Å²) in [5, 5.41) is 11.2. The molecule has 2 heterocycles. The predicted molar refractivity (Wildman–Crippen MR) is 103 cm³/mol. The van der Waals surface area contributed by atoms with Gasteiger partial charge in [-0.1, -0.05) is 12.1 Å². The van der Waals surface area contributed by atoms with Crippen LogP contribution in [0.15, 0.2) is 74.5 Å². The zero-order valence-corrected chi connectivity index (χ0v) is 15.1. The van der Waals surface area contributed by atoms with Crippen molar-refractivity contribution in [3.8, 4) is 17.3 Å². The van der Waals surface area contributed by atoms with Crippen LogP contribution < -0.4 is 10.2 Å². The summed E-state index contributed by atoms with van der Waals surface area (Å²) in [4.78, 5) is 35.9. The quantitative estimate of drug-likeness (QED) is 0.286. The molecule has 0 spiro atoms. The third kappa shape index (κ3) is 3.39. The molecule has 0 amide bonds. The average Bonchev–Trinajstić information content (AvgIpc) is 3.24. The molecule has 0 atom stereocenters. The van der Waals surface area contributed by atoms with Crippen molar-refractivity contribution in [1.29, 1.82) is 0 Å².